The van der Waals surface area contributed by atoms with Gasteiger partial charge in [-0.1, -0.05) is 58.0 Å². The Balaban J connectivity index is 1.90. The lowest BCUT2D eigenvalue weighted by molar-refractivity contribution is -0.123. The van der Waals surface area contributed by atoms with Crippen LogP contribution in [0, 0.1) is 6.92 Å². The van der Waals surface area contributed by atoms with Gasteiger partial charge in [-0.25, -0.2) is 0 Å². The summed E-state index contributed by atoms with van der Waals surface area (Å²) in [6.45, 7) is 4.31. The summed E-state index contributed by atoms with van der Waals surface area (Å²) in [4.78, 5) is 24.7. The average molecular weight is 621 g/mol. The quantitative estimate of drug-likeness (QED) is 0.249. The van der Waals surface area contributed by atoms with Crippen molar-refractivity contribution in [1.29, 1.82) is 0 Å². The molecule has 0 saturated carbocycles. The van der Waals surface area contributed by atoms with Crippen LogP contribution in [-0.2, 0) is 4.79 Å². The Kier molecular flexibility index (Phi) is 10.8. The van der Waals surface area contributed by atoms with E-state index in [9.17, 15) is 9.59 Å². The van der Waals surface area contributed by atoms with Crippen LogP contribution < -0.4 is 20.3 Å². The van der Waals surface area contributed by atoms with Crippen LogP contribution in [0.5, 0.6) is 11.5 Å². The topological polar surface area (TPSA) is 76.7 Å². The van der Waals surface area contributed by atoms with Crippen LogP contribution in [0.15, 0.2) is 43.7 Å². The van der Waals surface area contributed by atoms with Crippen LogP contribution >= 0.6 is 47.8 Å². The largest absolute Gasteiger partial charge is 0.493 e. The van der Waals surface area contributed by atoms with Crippen LogP contribution in [0.4, 0.5) is 0 Å². The normalized spacial score (nSPS) is 10.5. The van der Waals surface area contributed by atoms with Crippen molar-refractivity contribution in [3.05, 3.63) is 54.9 Å². The van der Waals surface area contributed by atoms with Gasteiger partial charge in [0, 0.05) is 8.95 Å². The highest BCUT2D eigenvalue weighted by atomic mass is 79.9. The lowest BCUT2D eigenvalue weighted by atomic mass is 10.2. The number of ether oxygens (including phenoxy) is 2. The van der Waals surface area contributed by atoms with Crippen molar-refractivity contribution < 1.29 is 19.1 Å². The lowest BCUT2D eigenvalue weighted by Gasteiger charge is -2.14. The summed E-state index contributed by atoms with van der Waals surface area (Å²) >= 11 is 10.2. The summed E-state index contributed by atoms with van der Waals surface area (Å²) < 4.78 is 13.7. The minimum absolute atomic E-state index is 0.249. The van der Waals surface area contributed by atoms with Crippen LogP contribution in [0.1, 0.15) is 48.5 Å². The van der Waals surface area contributed by atoms with Gasteiger partial charge in [0.1, 0.15) is 11.5 Å². The summed E-state index contributed by atoms with van der Waals surface area (Å²) in [6.07, 6.45) is 4.30. The van der Waals surface area contributed by atoms with Crippen molar-refractivity contribution in [3.63, 3.8) is 0 Å². The molecule has 0 aliphatic heterocycles. The SMILES string of the molecule is CCCCCCOc1ccc(Br)cc1C(=O)NNC(=O)COc1c(C)cc(Br)cc1Br. The van der Waals surface area contributed by atoms with Gasteiger partial charge in [-0.3, -0.25) is 20.4 Å². The minimum atomic E-state index is -0.486. The third kappa shape index (κ3) is 8.46. The van der Waals surface area contributed by atoms with E-state index >= 15 is 0 Å². The van der Waals surface area contributed by atoms with E-state index in [-0.39, 0.29) is 6.61 Å². The third-order valence-corrected chi connectivity index (χ3v) is 5.84. The summed E-state index contributed by atoms with van der Waals surface area (Å²) in [5.41, 5.74) is 5.99. The fourth-order valence-corrected chi connectivity index (χ4v) is 4.67. The van der Waals surface area contributed by atoms with Crippen molar-refractivity contribution in [2.24, 2.45) is 0 Å². The van der Waals surface area contributed by atoms with Gasteiger partial charge in [0.15, 0.2) is 6.61 Å². The molecule has 0 heterocycles. The van der Waals surface area contributed by atoms with Crippen LogP contribution in [0.25, 0.3) is 0 Å². The Morgan fingerprint density at radius 1 is 0.935 bits per heavy atom. The van der Waals surface area contributed by atoms with Crippen LogP contribution in [0.2, 0.25) is 0 Å². The number of unbranched alkanes of at least 4 members (excludes halogenated alkanes) is 3. The number of rotatable bonds is 10. The van der Waals surface area contributed by atoms with E-state index in [1.807, 2.05) is 25.1 Å². The number of hydrogen-bond donors (Lipinski definition) is 2. The molecule has 0 spiro atoms. The lowest BCUT2D eigenvalue weighted by Crippen LogP contribution is -2.44. The first kappa shape index (κ1) is 25.7. The zero-order chi connectivity index (χ0) is 22.8. The zero-order valence-corrected chi connectivity index (χ0v) is 22.2. The van der Waals surface area contributed by atoms with E-state index < -0.39 is 11.8 Å². The van der Waals surface area contributed by atoms with E-state index in [1.165, 1.54) is 0 Å². The first-order chi connectivity index (χ1) is 14.8. The molecule has 0 bridgehead atoms. The number of hydrogen-bond acceptors (Lipinski definition) is 4. The van der Waals surface area contributed by atoms with E-state index in [1.54, 1.807) is 12.1 Å². The van der Waals surface area contributed by atoms with Crippen molar-refractivity contribution >= 4 is 59.6 Å². The molecule has 2 aromatic rings. The summed E-state index contributed by atoms with van der Waals surface area (Å²) in [7, 11) is 0. The fraction of sp³-hybridized carbons (Fsp3) is 0.364. The maximum atomic E-state index is 12.6. The van der Waals surface area contributed by atoms with Crippen molar-refractivity contribution in [2.75, 3.05) is 13.2 Å². The fourth-order valence-electron chi connectivity index (χ4n) is 2.76. The van der Waals surface area contributed by atoms with Crippen molar-refractivity contribution in [1.82, 2.24) is 10.9 Å². The number of carbonyl (C=O) groups excluding carboxylic acids is 2. The maximum Gasteiger partial charge on any atom is 0.276 e. The number of benzene rings is 2. The molecule has 2 amide bonds. The first-order valence-electron chi connectivity index (χ1n) is 9.91. The monoisotopic (exact) mass is 618 g/mol. The first-order valence-corrected chi connectivity index (χ1v) is 12.3. The molecule has 0 saturated heterocycles. The van der Waals surface area contributed by atoms with Crippen molar-refractivity contribution in [2.45, 2.75) is 39.5 Å². The zero-order valence-electron chi connectivity index (χ0n) is 17.4. The molecule has 2 aromatic carbocycles. The molecule has 0 atom stereocenters. The van der Waals surface area contributed by atoms with Gasteiger partial charge in [-0.15, -0.1) is 0 Å². The molecule has 0 aliphatic carbocycles. The Bertz CT molecular complexity index is 899. The van der Waals surface area contributed by atoms with E-state index in [4.69, 9.17) is 9.47 Å². The van der Waals surface area contributed by atoms with Gasteiger partial charge in [-0.05, 0) is 65.2 Å². The highest BCUT2D eigenvalue weighted by Crippen LogP contribution is 2.32. The second kappa shape index (κ2) is 13.1. The molecular formula is C22H25Br3N2O4. The van der Waals surface area contributed by atoms with Crippen LogP contribution in [0.3, 0.4) is 0 Å². The number of amides is 2. The van der Waals surface area contributed by atoms with Crippen LogP contribution in [-0.4, -0.2) is 25.0 Å². The summed E-state index contributed by atoms with van der Waals surface area (Å²) in [5.74, 6) is 0.0753. The second-order valence-electron chi connectivity index (χ2n) is 6.87. The summed E-state index contributed by atoms with van der Waals surface area (Å²) in [6, 6.07) is 8.91. The molecule has 0 radical (unpaired) electrons. The molecule has 0 aromatic heterocycles. The van der Waals surface area contributed by atoms with Gasteiger partial charge in [-0.2, -0.15) is 0 Å². The maximum absolute atomic E-state index is 12.6. The standard InChI is InChI=1S/C22H25Br3N2O4/c1-3-4-5-6-9-30-19-8-7-15(23)11-17(19)22(29)27-26-20(28)13-31-21-14(2)10-16(24)12-18(21)25/h7-8,10-12H,3-6,9,13H2,1-2H3,(H,26,28)(H,27,29). The van der Waals surface area contributed by atoms with Gasteiger partial charge in [0.25, 0.3) is 11.8 Å². The molecule has 9 heteroatoms. The molecule has 0 aliphatic rings. The van der Waals surface area contributed by atoms with E-state index in [2.05, 4.69) is 65.6 Å². The number of nitrogens with one attached hydrogen (secondary N) is 2. The molecule has 0 unspecified atom stereocenters. The highest BCUT2D eigenvalue weighted by molar-refractivity contribution is 9.11. The number of halogens is 3. The Morgan fingerprint density at radius 2 is 1.71 bits per heavy atom. The number of aryl methyl sites for hydroxylation is 1. The predicted octanol–water partition coefficient (Wildman–Crippen LogP) is 6.08. The smallest absolute Gasteiger partial charge is 0.276 e. The second-order valence-corrected chi connectivity index (χ2v) is 9.56. The van der Waals surface area contributed by atoms with E-state index in [0.717, 1.165) is 44.7 Å². The third-order valence-electron chi connectivity index (χ3n) is 4.30. The Hall–Kier alpha value is -1.58. The molecular weight excluding hydrogens is 596 g/mol. The highest BCUT2D eigenvalue weighted by Gasteiger charge is 2.15. The number of carbonyl (C=O) groups is 2. The Morgan fingerprint density at radius 3 is 2.42 bits per heavy atom. The Labute approximate surface area is 207 Å². The molecule has 6 nitrogen and oxygen atoms in total. The molecule has 2 rings (SSSR count). The molecule has 0 fully saturated rings. The van der Waals surface area contributed by atoms with Gasteiger partial charge >= 0.3 is 0 Å². The van der Waals surface area contributed by atoms with Gasteiger partial charge in [0.2, 0.25) is 0 Å². The molecule has 168 valence electrons. The van der Waals surface area contributed by atoms with E-state index in [0.29, 0.717) is 23.7 Å². The summed E-state index contributed by atoms with van der Waals surface area (Å²) in [5, 5.41) is 0. The van der Waals surface area contributed by atoms with Crippen molar-refractivity contribution in [3.8, 4) is 11.5 Å². The van der Waals surface area contributed by atoms with Gasteiger partial charge < -0.3 is 9.47 Å². The molecule has 2 N–H and O–H groups in total. The average Bonchev–Trinajstić information content (AvgIpc) is 2.72. The predicted molar refractivity (Wildman–Crippen MR) is 131 cm³/mol. The molecule has 31 heavy (non-hydrogen) atoms. The van der Waals surface area contributed by atoms with Gasteiger partial charge in [0.05, 0.1) is 16.6 Å². The minimum Gasteiger partial charge on any atom is -0.493 e. The number of hydrazine groups is 1.